The van der Waals surface area contributed by atoms with Gasteiger partial charge in [0, 0.05) is 17.2 Å². The second-order valence-corrected chi connectivity index (χ2v) is 8.93. The molecule has 0 N–H and O–H groups in total. The van der Waals surface area contributed by atoms with Crippen LogP contribution in [-0.2, 0) is 4.84 Å². The van der Waals surface area contributed by atoms with E-state index in [2.05, 4.69) is 27.7 Å². The largest absolute Gasteiger partial charge is 0.287 e. The molecule has 0 radical (unpaired) electrons. The maximum atomic E-state index is 11.6. The van der Waals surface area contributed by atoms with E-state index in [0.717, 1.165) is 36.0 Å². The number of hydroxylamine groups is 2. The van der Waals surface area contributed by atoms with Gasteiger partial charge in [0.25, 0.3) is 5.70 Å². The fourth-order valence-corrected chi connectivity index (χ4v) is 4.20. The molecule has 29 heavy (non-hydrogen) atoms. The zero-order valence-electron chi connectivity index (χ0n) is 17.7. The SMILES string of the molecule is CC1(C)CCCC(C)(C)N1OC/C(=C\c1ccc(-c2ccccc2)cc1)[N+](=O)[O-]. The van der Waals surface area contributed by atoms with Crippen LogP contribution in [0.5, 0.6) is 0 Å². The van der Waals surface area contributed by atoms with E-state index in [9.17, 15) is 10.1 Å². The summed E-state index contributed by atoms with van der Waals surface area (Å²) in [6.07, 6.45) is 4.74. The van der Waals surface area contributed by atoms with Crippen molar-refractivity contribution < 1.29 is 9.76 Å². The van der Waals surface area contributed by atoms with Crippen molar-refractivity contribution in [3.63, 3.8) is 0 Å². The molecule has 2 aromatic rings. The summed E-state index contributed by atoms with van der Waals surface area (Å²) in [5.41, 5.74) is 2.74. The Bertz CT molecular complexity index is 855. The smallest absolute Gasteiger partial charge is 0.274 e. The van der Waals surface area contributed by atoms with E-state index in [0.29, 0.717) is 0 Å². The first-order valence-corrected chi connectivity index (χ1v) is 10.1. The van der Waals surface area contributed by atoms with Crippen molar-refractivity contribution in [1.82, 2.24) is 5.06 Å². The third-order valence-electron chi connectivity index (χ3n) is 5.60. The highest BCUT2D eigenvalue weighted by Gasteiger charge is 2.43. The van der Waals surface area contributed by atoms with Gasteiger partial charge in [0.1, 0.15) is 0 Å². The van der Waals surface area contributed by atoms with Crippen LogP contribution in [0, 0.1) is 10.1 Å². The van der Waals surface area contributed by atoms with Gasteiger partial charge in [-0.1, -0.05) is 54.6 Å². The van der Waals surface area contributed by atoms with E-state index >= 15 is 0 Å². The Kier molecular flexibility index (Phi) is 6.20. The molecule has 5 nitrogen and oxygen atoms in total. The normalized spacial score (nSPS) is 19.1. The number of benzene rings is 2. The number of rotatable bonds is 6. The van der Waals surface area contributed by atoms with Crippen LogP contribution in [0.15, 0.2) is 60.3 Å². The first kappa shape index (κ1) is 21.2. The van der Waals surface area contributed by atoms with Crippen LogP contribution in [0.4, 0.5) is 0 Å². The van der Waals surface area contributed by atoms with Crippen LogP contribution >= 0.6 is 0 Å². The van der Waals surface area contributed by atoms with E-state index in [1.807, 2.05) is 59.7 Å². The molecule has 1 saturated heterocycles. The minimum atomic E-state index is -0.352. The molecule has 0 saturated carbocycles. The van der Waals surface area contributed by atoms with E-state index in [-0.39, 0.29) is 28.3 Å². The Morgan fingerprint density at radius 2 is 1.55 bits per heavy atom. The highest BCUT2D eigenvalue weighted by atomic mass is 16.7. The van der Waals surface area contributed by atoms with E-state index in [1.54, 1.807) is 6.08 Å². The van der Waals surface area contributed by atoms with E-state index < -0.39 is 0 Å². The Labute approximate surface area is 173 Å². The lowest BCUT2D eigenvalue weighted by molar-refractivity contribution is -0.436. The molecule has 0 atom stereocenters. The standard InChI is InChI=1S/C24H30N2O3/c1-23(2)15-8-16-24(3,4)26(23)29-18-22(25(27)28)17-19-11-13-21(14-12-19)20-9-6-5-7-10-20/h5-7,9-14,17H,8,15-16,18H2,1-4H3/b22-17+. The number of hydrogen-bond acceptors (Lipinski definition) is 4. The molecular formula is C24H30N2O3. The summed E-state index contributed by atoms with van der Waals surface area (Å²) in [4.78, 5) is 17.3. The monoisotopic (exact) mass is 394 g/mol. The molecule has 1 aliphatic rings. The van der Waals surface area contributed by atoms with Crippen LogP contribution in [0.2, 0.25) is 0 Å². The molecule has 2 aromatic carbocycles. The summed E-state index contributed by atoms with van der Waals surface area (Å²) in [5, 5.41) is 13.6. The van der Waals surface area contributed by atoms with E-state index in [4.69, 9.17) is 4.84 Å². The van der Waals surface area contributed by atoms with Crippen molar-refractivity contribution in [2.75, 3.05) is 6.61 Å². The molecule has 0 bridgehead atoms. The molecule has 154 valence electrons. The fraction of sp³-hybridized carbons (Fsp3) is 0.417. The minimum Gasteiger partial charge on any atom is -0.287 e. The molecule has 1 fully saturated rings. The highest BCUT2D eigenvalue weighted by Crippen LogP contribution is 2.38. The van der Waals surface area contributed by atoms with Gasteiger partial charge in [0.15, 0.2) is 6.61 Å². The second kappa shape index (κ2) is 8.47. The van der Waals surface area contributed by atoms with Gasteiger partial charge in [-0.25, -0.2) is 0 Å². The predicted molar refractivity (Wildman–Crippen MR) is 117 cm³/mol. The molecule has 0 spiro atoms. The summed E-state index contributed by atoms with van der Waals surface area (Å²) in [5.74, 6) is 0. The first-order chi connectivity index (χ1) is 13.7. The van der Waals surface area contributed by atoms with Gasteiger partial charge in [0.2, 0.25) is 0 Å². The topological polar surface area (TPSA) is 55.6 Å². The Morgan fingerprint density at radius 3 is 2.10 bits per heavy atom. The lowest BCUT2D eigenvalue weighted by Crippen LogP contribution is -2.58. The molecule has 0 amide bonds. The summed E-state index contributed by atoms with van der Waals surface area (Å²) in [6, 6.07) is 17.8. The number of nitro groups is 1. The Balaban J connectivity index is 1.76. The summed E-state index contributed by atoms with van der Waals surface area (Å²) < 4.78 is 0. The van der Waals surface area contributed by atoms with Crippen LogP contribution in [0.3, 0.4) is 0 Å². The van der Waals surface area contributed by atoms with Crippen molar-refractivity contribution in [2.45, 2.75) is 58.0 Å². The Hall–Kier alpha value is -2.50. The number of nitrogens with zero attached hydrogens (tertiary/aromatic N) is 2. The molecule has 1 aliphatic heterocycles. The zero-order valence-corrected chi connectivity index (χ0v) is 17.7. The molecule has 0 aliphatic carbocycles. The molecular weight excluding hydrogens is 364 g/mol. The van der Waals surface area contributed by atoms with Gasteiger partial charge in [-0.3, -0.25) is 15.0 Å². The molecule has 0 aromatic heterocycles. The van der Waals surface area contributed by atoms with Gasteiger partial charge in [-0.15, -0.1) is 0 Å². The molecule has 1 heterocycles. The summed E-state index contributed by atoms with van der Waals surface area (Å²) in [6.45, 7) is 8.47. The van der Waals surface area contributed by atoms with Crippen LogP contribution < -0.4 is 0 Å². The fourth-order valence-electron chi connectivity index (χ4n) is 4.20. The number of hydrogen-bond donors (Lipinski definition) is 0. The quantitative estimate of drug-likeness (QED) is 0.449. The van der Waals surface area contributed by atoms with Crippen LogP contribution in [0.25, 0.3) is 17.2 Å². The van der Waals surface area contributed by atoms with Crippen molar-refractivity contribution in [3.8, 4) is 11.1 Å². The van der Waals surface area contributed by atoms with Gasteiger partial charge in [-0.2, -0.15) is 5.06 Å². The van der Waals surface area contributed by atoms with Crippen molar-refractivity contribution in [3.05, 3.63) is 76.0 Å². The summed E-state index contributed by atoms with van der Waals surface area (Å²) >= 11 is 0. The Morgan fingerprint density at radius 1 is 1.00 bits per heavy atom. The third kappa shape index (κ3) is 5.11. The van der Waals surface area contributed by atoms with Crippen molar-refractivity contribution >= 4 is 6.08 Å². The highest BCUT2D eigenvalue weighted by molar-refractivity contribution is 5.65. The van der Waals surface area contributed by atoms with Gasteiger partial charge in [-0.05, 0) is 63.6 Å². The van der Waals surface area contributed by atoms with Gasteiger partial charge in [0.05, 0.1) is 4.92 Å². The number of piperidine rings is 1. The molecule has 3 rings (SSSR count). The average Bonchev–Trinajstić information content (AvgIpc) is 2.67. The third-order valence-corrected chi connectivity index (χ3v) is 5.60. The van der Waals surface area contributed by atoms with Gasteiger partial charge < -0.3 is 0 Å². The first-order valence-electron chi connectivity index (χ1n) is 10.1. The lowest BCUT2D eigenvalue weighted by atomic mass is 9.82. The zero-order chi connectivity index (χ0) is 21.1. The van der Waals surface area contributed by atoms with Crippen molar-refractivity contribution in [2.24, 2.45) is 0 Å². The predicted octanol–water partition coefficient (Wildman–Crippen LogP) is 5.95. The maximum Gasteiger partial charge on any atom is 0.274 e. The second-order valence-electron chi connectivity index (χ2n) is 8.93. The minimum absolute atomic E-state index is 0.0506. The van der Waals surface area contributed by atoms with E-state index in [1.165, 1.54) is 0 Å². The lowest BCUT2D eigenvalue weighted by Gasteiger charge is -2.51. The van der Waals surface area contributed by atoms with Crippen LogP contribution in [0.1, 0.15) is 52.5 Å². The van der Waals surface area contributed by atoms with Crippen molar-refractivity contribution in [1.29, 1.82) is 0 Å². The average molecular weight is 395 g/mol. The molecule has 0 unspecified atom stereocenters. The molecule has 5 heteroatoms. The van der Waals surface area contributed by atoms with Crippen LogP contribution in [-0.4, -0.2) is 27.7 Å². The maximum absolute atomic E-state index is 11.6. The van der Waals surface area contributed by atoms with Gasteiger partial charge >= 0.3 is 0 Å². The summed E-state index contributed by atoms with van der Waals surface area (Å²) in [7, 11) is 0.